The number of nitrogens with zero attached hydrogens (tertiary/aromatic N) is 4. The van der Waals surface area contributed by atoms with E-state index in [1.165, 1.54) is 10.2 Å². The molecular weight excluding hydrogens is 468 g/mol. The number of benzene rings is 2. The van der Waals surface area contributed by atoms with Gasteiger partial charge in [-0.15, -0.1) is 0 Å². The number of carbonyl (C=O) groups excluding carboxylic acids is 1. The summed E-state index contributed by atoms with van der Waals surface area (Å²) < 4.78 is 1.21. The van der Waals surface area contributed by atoms with E-state index >= 15 is 0 Å². The highest BCUT2D eigenvalue weighted by Crippen LogP contribution is 2.27. The van der Waals surface area contributed by atoms with Crippen LogP contribution in [0.1, 0.15) is 12.0 Å². The summed E-state index contributed by atoms with van der Waals surface area (Å²) in [6.07, 6.45) is 4.72. The maximum absolute atomic E-state index is 12.8. The maximum atomic E-state index is 12.8. The summed E-state index contributed by atoms with van der Waals surface area (Å²) in [4.78, 5) is 46.7. The number of nitrogens with one attached hydrogen (secondary N) is 2. The lowest BCUT2D eigenvalue weighted by molar-refractivity contribution is -0.116. The van der Waals surface area contributed by atoms with Crippen molar-refractivity contribution in [3.8, 4) is 0 Å². The van der Waals surface area contributed by atoms with Crippen LogP contribution in [0.25, 0.3) is 10.8 Å². The Morgan fingerprint density at radius 3 is 2.35 bits per heavy atom. The summed E-state index contributed by atoms with van der Waals surface area (Å²) in [6.45, 7) is 4.74. The third kappa shape index (κ3) is 5.78. The van der Waals surface area contributed by atoms with Crippen molar-refractivity contribution in [1.82, 2.24) is 19.7 Å². The molecule has 2 N–H and O–H groups in total. The highest BCUT2D eigenvalue weighted by Gasteiger charge is 2.20. The number of H-pyrrole nitrogens is 1. The minimum Gasteiger partial charge on any atom is -0.367 e. The van der Waals surface area contributed by atoms with Crippen molar-refractivity contribution >= 4 is 28.1 Å². The number of amides is 1. The Labute approximate surface area is 214 Å². The zero-order valence-corrected chi connectivity index (χ0v) is 20.6. The summed E-state index contributed by atoms with van der Waals surface area (Å²) in [7, 11) is 0. The van der Waals surface area contributed by atoms with Crippen LogP contribution in [0.15, 0.2) is 82.6 Å². The molecule has 1 aliphatic rings. The number of aryl methyl sites for hydroxylation is 1. The van der Waals surface area contributed by atoms with E-state index in [0.29, 0.717) is 10.8 Å². The lowest BCUT2D eigenvalue weighted by atomic mass is 10.1. The van der Waals surface area contributed by atoms with Gasteiger partial charge in [0.25, 0.3) is 11.1 Å². The Morgan fingerprint density at radius 2 is 1.57 bits per heavy atom. The van der Waals surface area contributed by atoms with E-state index in [1.807, 2.05) is 36.7 Å². The molecule has 1 fully saturated rings. The number of rotatable bonds is 8. The van der Waals surface area contributed by atoms with Gasteiger partial charge >= 0.3 is 0 Å². The molecule has 2 aromatic carbocycles. The van der Waals surface area contributed by atoms with Gasteiger partial charge in [0.15, 0.2) is 0 Å². The molecule has 3 heterocycles. The van der Waals surface area contributed by atoms with E-state index in [0.717, 1.165) is 50.5 Å². The van der Waals surface area contributed by atoms with Crippen LogP contribution in [0.3, 0.4) is 0 Å². The molecule has 9 nitrogen and oxygen atoms in total. The molecular formula is C28H30N6O3. The number of aromatic amines is 1. The second-order valence-electron chi connectivity index (χ2n) is 9.19. The Bertz CT molecular complexity index is 1490. The first kappa shape index (κ1) is 24.5. The van der Waals surface area contributed by atoms with Crippen LogP contribution in [0.2, 0.25) is 0 Å². The van der Waals surface area contributed by atoms with E-state index < -0.39 is 0 Å². The summed E-state index contributed by atoms with van der Waals surface area (Å²) in [5.74, 6) is -0.218. The van der Waals surface area contributed by atoms with Gasteiger partial charge in [-0.25, -0.2) is 4.68 Å². The Hall–Kier alpha value is -4.24. The Balaban J connectivity index is 1.18. The molecule has 1 aliphatic heterocycles. The van der Waals surface area contributed by atoms with E-state index in [4.69, 9.17) is 0 Å². The van der Waals surface area contributed by atoms with E-state index in [9.17, 15) is 14.4 Å². The molecule has 190 valence electrons. The quantitative estimate of drug-likeness (QED) is 0.387. The topological polar surface area (TPSA) is 103 Å². The van der Waals surface area contributed by atoms with E-state index in [2.05, 4.69) is 37.3 Å². The van der Waals surface area contributed by atoms with E-state index in [-0.39, 0.29) is 30.0 Å². The summed E-state index contributed by atoms with van der Waals surface area (Å²) in [5.41, 5.74) is 2.37. The Morgan fingerprint density at radius 1 is 0.865 bits per heavy atom. The summed E-state index contributed by atoms with van der Waals surface area (Å²) in [5, 5.41) is 6.27. The van der Waals surface area contributed by atoms with Gasteiger partial charge in [0.05, 0.1) is 28.7 Å². The third-order valence-corrected chi connectivity index (χ3v) is 6.80. The second-order valence-corrected chi connectivity index (χ2v) is 9.19. The maximum Gasteiger partial charge on any atom is 0.273 e. The van der Waals surface area contributed by atoms with Gasteiger partial charge in [-0.2, -0.15) is 0 Å². The van der Waals surface area contributed by atoms with E-state index in [1.54, 1.807) is 24.3 Å². The van der Waals surface area contributed by atoms with Crippen LogP contribution in [0.4, 0.5) is 11.4 Å². The lowest BCUT2D eigenvalue weighted by Crippen LogP contribution is -2.47. The zero-order chi connectivity index (χ0) is 25.6. The highest BCUT2D eigenvalue weighted by molar-refractivity contribution is 5.94. The smallest absolute Gasteiger partial charge is 0.273 e. The first-order valence-corrected chi connectivity index (χ1v) is 12.6. The third-order valence-electron chi connectivity index (χ3n) is 6.80. The van der Waals surface area contributed by atoms with Crippen molar-refractivity contribution in [2.75, 3.05) is 42.9 Å². The fourth-order valence-corrected chi connectivity index (χ4v) is 4.73. The van der Waals surface area contributed by atoms with Gasteiger partial charge in [0.2, 0.25) is 5.91 Å². The van der Waals surface area contributed by atoms with Gasteiger partial charge in [0.1, 0.15) is 0 Å². The van der Waals surface area contributed by atoms with Gasteiger partial charge in [-0.05, 0) is 48.4 Å². The molecule has 2 aromatic heterocycles. The summed E-state index contributed by atoms with van der Waals surface area (Å²) >= 11 is 0. The monoisotopic (exact) mass is 498 g/mol. The van der Waals surface area contributed by atoms with Crippen LogP contribution in [0.5, 0.6) is 0 Å². The molecule has 0 saturated carbocycles. The van der Waals surface area contributed by atoms with Gasteiger partial charge in [-0.1, -0.05) is 24.3 Å². The van der Waals surface area contributed by atoms with Crippen molar-refractivity contribution in [3.05, 3.63) is 99.3 Å². The number of para-hydroxylation sites is 2. The van der Waals surface area contributed by atoms with Crippen molar-refractivity contribution in [3.63, 3.8) is 0 Å². The second kappa shape index (κ2) is 11.2. The minimum atomic E-state index is -0.346. The minimum absolute atomic E-state index is 0.0608. The van der Waals surface area contributed by atoms with Crippen LogP contribution in [-0.4, -0.2) is 58.3 Å². The predicted molar refractivity (Wildman–Crippen MR) is 145 cm³/mol. The molecule has 9 heteroatoms. The highest BCUT2D eigenvalue weighted by atomic mass is 16.2. The molecule has 1 saturated heterocycles. The van der Waals surface area contributed by atoms with Gasteiger partial charge in [0, 0.05) is 51.5 Å². The number of piperazine rings is 1. The molecule has 0 spiro atoms. The molecule has 1 amide bonds. The molecule has 5 rings (SSSR count). The molecule has 37 heavy (non-hydrogen) atoms. The molecule has 0 atom stereocenters. The summed E-state index contributed by atoms with van der Waals surface area (Å²) in [6, 6.07) is 18.6. The van der Waals surface area contributed by atoms with Crippen LogP contribution in [-0.2, 0) is 17.8 Å². The molecule has 0 bridgehead atoms. The lowest BCUT2D eigenvalue weighted by Gasteiger charge is -2.37. The zero-order valence-electron chi connectivity index (χ0n) is 20.6. The van der Waals surface area contributed by atoms with Gasteiger partial charge < -0.3 is 10.2 Å². The van der Waals surface area contributed by atoms with Crippen LogP contribution < -0.4 is 21.3 Å². The van der Waals surface area contributed by atoms with Crippen molar-refractivity contribution in [1.29, 1.82) is 0 Å². The fourth-order valence-electron chi connectivity index (χ4n) is 4.73. The average molecular weight is 499 g/mol. The average Bonchev–Trinajstić information content (AvgIpc) is 2.94. The first-order valence-electron chi connectivity index (χ1n) is 12.6. The number of hydrogen-bond donors (Lipinski definition) is 2. The van der Waals surface area contributed by atoms with Crippen molar-refractivity contribution < 1.29 is 4.79 Å². The van der Waals surface area contributed by atoms with Crippen molar-refractivity contribution in [2.24, 2.45) is 0 Å². The number of aromatic nitrogens is 3. The SMILES string of the molecule is O=C(CCn1[nH]c(=O)c2ccccc2c1=O)Nc1ccccc1N1CCN(CCc2ccncc2)CC1. The first-order chi connectivity index (χ1) is 18.1. The number of pyridine rings is 1. The van der Waals surface area contributed by atoms with Crippen molar-refractivity contribution in [2.45, 2.75) is 19.4 Å². The molecule has 0 radical (unpaired) electrons. The predicted octanol–water partition coefficient (Wildman–Crippen LogP) is 2.48. The number of hydrogen-bond acceptors (Lipinski definition) is 6. The Kier molecular flexibility index (Phi) is 7.41. The largest absolute Gasteiger partial charge is 0.367 e. The fraction of sp³-hybridized carbons (Fsp3) is 0.286. The number of carbonyl (C=O) groups is 1. The molecule has 0 unspecified atom stereocenters. The van der Waals surface area contributed by atoms with Crippen LogP contribution in [0, 0.1) is 0 Å². The molecule has 0 aliphatic carbocycles. The number of anilines is 2. The van der Waals surface area contributed by atoms with Gasteiger partial charge in [-0.3, -0.25) is 29.4 Å². The molecule has 4 aromatic rings. The standard InChI is InChI=1S/C28H30N6O3/c35-26(12-16-34-28(37)23-6-2-1-5-22(23)27(36)31-34)30-24-7-3-4-8-25(24)33-19-17-32(18-20-33)15-11-21-9-13-29-14-10-21/h1-10,13-14H,11-12,15-20H2,(H,30,35)(H,31,36). The normalized spacial score (nSPS) is 14.1. The number of fused-ring (bicyclic) bond motifs is 1. The van der Waals surface area contributed by atoms with Crippen LogP contribution >= 0.6 is 0 Å².